The van der Waals surface area contributed by atoms with Gasteiger partial charge in [0.15, 0.2) is 0 Å². The lowest BCUT2D eigenvalue weighted by atomic mass is 9.98. The summed E-state index contributed by atoms with van der Waals surface area (Å²) in [5, 5.41) is 2.91. The van der Waals surface area contributed by atoms with E-state index in [1.54, 1.807) is 4.90 Å². The van der Waals surface area contributed by atoms with Gasteiger partial charge in [0, 0.05) is 26.2 Å². The Balaban J connectivity index is 2.10. The molecular formula is C14H20N4O3. The molecule has 7 nitrogen and oxygen atoms in total. The van der Waals surface area contributed by atoms with E-state index < -0.39 is 0 Å². The number of nitrogens with one attached hydrogen (secondary N) is 2. The molecule has 21 heavy (non-hydrogen) atoms. The van der Waals surface area contributed by atoms with Crippen molar-refractivity contribution in [2.75, 3.05) is 13.1 Å². The van der Waals surface area contributed by atoms with Crippen molar-refractivity contribution in [2.24, 2.45) is 5.92 Å². The topological polar surface area (TPSA) is 95.2 Å². The third kappa shape index (κ3) is 3.68. The summed E-state index contributed by atoms with van der Waals surface area (Å²) in [6.45, 7) is 4.64. The zero-order valence-electron chi connectivity index (χ0n) is 12.3. The van der Waals surface area contributed by atoms with Crippen molar-refractivity contribution in [3.05, 3.63) is 28.4 Å². The summed E-state index contributed by atoms with van der Waals surface area (Å²) < 4.78 is 0. The van der Waals surface area contributed by atoms with Gasteiger partial charge in [-0.15, -0.1) is 0 Å². The number of aromatic amines is 1. The molecular weight excluding hydrogens is 272 g/mol. The molecule has 2 atom stereocenters. The van der Waals surface area contributed by atoms with Crippen LogP contribution in [-0.2, 0) is 4.79 Å². The SMILES string of the molecule is CCC[C@@H]1CN(C(=O)c2c[nH]c(=O)cn2)C[C@H]1NC(C)=O. The standard InChI is InChI=1S/C14H20N4O3/c1-3-4-10-7-18(8-12(10)17-9(2)19)14(21)11-5-16-13(20)6-15-11/h5-6,10,12H,3-4,7-8H2,1-2H3,(H,16,20)(H,17,19)/t10-,12-/m1/s1. The highest BCUT2D eigenvalue weighted by atomic mass is 16.2. The molecule has 1 saturated heterocycles. The Morgan fingerprint density at radius 3 is 2.81 bits per heavy atom. The van der Waals surface area contributed by atoms with Crippen molar-refractivity contribution in [2.45, 2.75) is 32.7 Å². The number of hydrogen-bond donors (Lipinski definition) is 2. The van der Waals surface area contributed by atoms with Gasteiger partial charge in [0.05, 0.1) is 12.2 Å². The minimum absolute atomic E-state index is 0.0193. The van der Waals surface area contributed by atoms with Crippen molar-refractivity contribution in [3.8, 4) is 0 Å². The zero-order valence-corrected chi connectivity index (χ0v) is 12.3. The van der Waals surface area contributed by atoms with Gasteiger partial charge in [0.2, 0.25) is 5.91 Å². The predicted molar refractivity (Wildman–Crippen MR) is 76.8 cm³/mol. The average molecular weight is 292 g/mol. The van der Waals surface area contributed by atoms with Crippen LogP contribution >= 0.6 is 0 Å². The fourth-order valence-electron chi connectivity index (χ4n) is 2.75. The molecule has 1 aliphatic heterocycles. The van der Waals surface area contributed by atoms with Gasteiger partial charge in [-0.3, -0.25) is 14.4 Å². The Morgan fingerprint density at radius 2 is 2.24 bits per heavy atom. The van der Waals surface area contributed by atoms with E-state index in [-0.39, 0.29) is 35.0 Å². The number of nitrogens with zero attached hydrogens (tertiary/aromatic N) is 2. The fourth-order valence-corrected chi connectivity index (χ4v) is 2.75. The molecule has 2 rings (SSSR count). The lowest BCUT2D eigenvalue weighted by Crippen LogP contribution is -2.40. The molecule has 0 radical (unpaired) electrons. The van der Waals surface area contributed by atoms with Crippen LogP contribution in [0.25, 0.3) is 0 Å². The number of rotatable bonds is 4. The molecule has 1 fully saturated rings. The Hall–Kier alpha value is -2.18. The van der Waals surface area contributed by atoms with E-state index in [9.17, 15) is 14.4 Å². The van der Waals surface area contributed by atoms with Crippen LogP contribution < -0.4 is 10.9 Å². The van der Waals surface area contributed by atoms with Gasteiger partial charge in [-0.1, -0.05) is 13.3 Å². The first-order chi connectivity index (χ1) is 10.0. The Bertz CT molecular complexity index is 563. The van der Waals surface area contributed by atoms with Crippen LogP contribution in [0.15, 0.2) is 17.2 Å². The highest BCUT2D eigenvalue weighted by Gasteiger charge is 2.35. The summed E-state index contributed by atoms with van der Waals surface area (Å²) in [4.78, 5) is 42.6. The van der Waals surface area contributed by atoms with Gasteiger partial charge in [-0.25, -0.2) is 4.98 Å². The zero-order chi connectivity index (χ0) is 15.4. The second-order valence-corrected chi connectivity index (χ2v) is 5.36. The van der Waals surface area contributed by atoms with Gasteiger partial charge in [0.25, 0.3) is 11.5 Å². The molecule has 0 bridgehead atoms. The second-order valence-electron chi connectivity index (χ2n) is 5.36. The van der Waals surface area contributed by atoms with E-state index in [0.29, 0.717) is 13.1 Å². The van der Waals surface area contributed by atoms with E-state index >= 15 is 0 Å². The van der Waals surface area contributed by atoms with Gasteiger partial charge < -0.3 is 15.2 Å². The van der Waals surface area contributed by atoms with Crippen LogP contribution in [0.4, 0.5) is 0 Å². The van der Waals surface area contributed by atoms with Crippen LogP contribution in [0, 0.1) is 5.92 Å². The Morgan fingerprint density at radius 1 is 1.48 bits per heavy atom. The maximum absolute atomic E-state index is 12.4. The molecule has 0 aromatic carbocycles. The first-order valence-corrected chi connectivity index (χ1v) is 7.12. The number of hydrogen-bond acceptors (Lipinski definition) is 4. The first-order valence-electron chi connectivity index (χ1n) is 7.12. The van der Waals surface area contributed by atoms with E-state index in [2.05, 4.69) is 22.2 Å². The number of likely N-dealkylation sites (tertiary alicyclic amines) is 1. The van der Waals surface area contributed by atoms with Crippen LogP contribution in [0.3, 0.4) is 0 Å². The maximum atomic E-state index is 12.4. The lowest BCUT2D eigenvalue weighted by molar-refractivity contribution is -0.119. The number of aromatic nitrogens is 2. The summed E-state index contributed by atoms with van der Waals surface area (Å²) in [5.41, 5.74) is -0.124. The molecule has 7 heteroatoms. The quantitative estimate of drug-likeness (QED) is 0.825. The van der Waals surface area contributed by atoms with Gasteiger partial charge in [-0.2, -0.15) is 0 Å². The monoisotopic (exact) mass is 292 g/mol. The maximum Gasteiger partial charge on any atom is 0.274 e. The Labute approximate surface area is 122 Å². The third-order valence-corrected chi connectivity index (χ3v) is 3.67. The largest absolute Gasteiger partial charge is 0.351 e. The van der Waals surface area contributed by atoms with Gasteiger partial charge >= 0.3 is 0 Å². The molecule has 2 amide bonds. The highest BCUT2D eigenvalue weighted by Crippen LogP contribution is 2.23. The molecule has 1 aromatic rings. The number of carbonyl (C=O) groups excluding carboxylic acids is 2. The van der Waals surface area contributed by atoms with Crippen LogP contribution in [0.5, 0.6) is 0 Å². The molecule has 0 spiro atoms. The molecule has 2 heterocycles. The van der Waals surface area contributed by atoms with Crippen molar-refractivity contribution in [1.29, 1.82) is 0 Å². The van der Waals surface area contributed by atoms with Gasteiger partial charge in [0.1, 0.15) is 5.69 Å². The predicted octanol–water partition coefficient (Wildman–Crippen LogP) is 0.147. The van der Waals surface area contributed by atoms with Crippen LogP contribution in [0.1, 0.15) is 37.2 Å². The number of amides is 2. The van der Waals surface area contributed by atoms with E-state index in [1.165, 1.54) is 13.1 Å². The van der Waals surface area contributed by atoms with Gasteiger partial charge in [-0.05, 0) is 12.3 Å². The highest BCUT2D eigenvalue weighted by molar-refractivity contribution is 5.92. The fraction of sp³-hybridized carbons (Fsp3) is 0.571. The van der Waals surface area contributed by atoms with E-state index in [0.717, 1.165) is 19.0 Å². The number of H-pyrrole nitrogens is 1. The molecule has 2 N–H and O–H groups in total. The summed E-state index contributed by atoms with van der Waals surface area (Å²) in [6.07, 6.45) is 4.37. The van der Waals surface area contributed by atoms with Crippen molar-refractivity contribution in [3.63, 3.8) is 0 Å². The summed E-state index contributed by atoms with van der Waals surface area (Å²) >= 11 is 0. The van der Waals surface area contributed by atoms with E-state index in [1.807, 2.05) is 0 Å². The molecule has 0 unspecified atom stereocenters. The van der Waals surface area contributed by atoms with Crippen molar-refractivity contribution in [1.82, 2.24) is 20.2 Å². The smallest absolute Gasteiger partial charge is 0.274 e. The van der Waals surface area contributed by atoms with Crippen LogP contribution in [0.2, 0.25) is 0 Å². The summed E-state index contributed by atoms with van der Waals surface area (Å²) in [5.74, 6) is -0.0524. The first kappa shape index (κ1) is 15.2. The number of carbonyl (C=O) groups is 2. The Kier molecular flexibility index (Phi) is 4.72. The summed E-state index contributed by atoms with van der Waals surface area (Å²) in [7, 11) is 0. The van der Waals surface area contributed by atoms with Crippen molar-refractivity contribution < 1.29 is 9.59 Å². The lowest BCUT2D eigenvalue weighted by Gasteiger charge is -2.17. The summed E-state index contributed by atoms with van der Waals surface area (Å²) in [6, 6.07) is -0.0193. The molecule has 0 saturated carbocycles. The molecule has 1 aliphatic rings. The van der Waals surface area contributed by atoms with Crippen LogP contribution in [-0.4, -0.2) is 45.8 Å². The van der Waals surface area contributed by atoms with Crippen molar-refractivity contribution >= 4 is 11.8 Å². The minimum Gasteiger partial charge on any atom is -0.351 e. The second kappa shape index (κ2) is 6.51. The molecule has 0 aliphatic carbocycles. The minimum atomic E-state index is -0.340. The normalized spacial score (nSPS) is 21.3. The molecule has 114 valence electrons. The molecule has 1 aromatic heterocycles. The van der Waals surface area contributed by atoms with E-state index in [4.69, 9.17) is 0 Å². The average Bonchev–Trinajstić information content (AvgIpc) is 2.82. The third-order valence-electron chi connectivity index (χ3n) is 3.67.